The molecular weight excluding hydrogens is 394 g/mol. The number of hydrogen-bond donors (Lipinski definition) is 0. The molecule has 150 valence electrons. The number of carbonyl (C=O) groups is 1. The number of rotatable bonds is 4. The second-order valence-electron chi connectivity index (χ2n) is 7.52. The second-order valence-corrected chi connectivity index (χ2v) is 7.79. The summed E-state index contributed by atoms with van der Waals surface area (Å²) < 4.78 is 29.5. The number of benzene rings is 2. The van der Waals surface area contributed by atoms with Crippen molar-refractivity contribution in [1.29, 1.82) is 0 Å². The number of pyridine rings is 1. The van der Waals surface area contributed by atoms with Crippen LogP contribution in [0.15, 0.2) is 30.3 Å². The number of nitrogens with zero attached hydrogens (tertiary/aromatic N) is 2. The molecule has 4 rings (SSSR count). The van der Waals surface area contributed by atoms with E-state index in [0.29, 0.717) is 23.4 Å². The molecule has 0 atom stereocenters. The third-order valence-corrected chi connectivity index (χ3v) is 5.91. The molecule has 29 heavy (non-hydrogen) atoms. The first-order valence-corrected chi connectivity index (χ1v) is 10.2. The summed E-state index contributed by atoms with van der Waals surface area (Å²) in [5, 5.41) is 0.943. The fourth-order valence-electron chi connectivity index (χ4n) is 4.11. The highest BCUT2D eigenvalue weighted by Crippen LogP contribution is 2.33. The molecule has 0 bridgehead atoms. The molecule has 2 aromatic carbocycles. The van der Waals surface area contributed by atoms with Crippen molar-refractivity contribution in [3.63, 3.8) is 0 Å². The zero-order chi connectivity index (χ0) is 20.7. The fraction of sp³-hybridized carbons (Fsp3) is 0.304. The van der Waals surface area contributed by atoms with E-state index in [9.17, 15) is 13.6 Å². The van der Waals surface area contributed by atoms with Crippen LogP contribution in [0.25, 0.3) is 10.9 Å². The smallest absolute Gasteiger partial charge is 0.243 e. The van der Waals surface area contributed by atoms with Crippen LogP contribution in [0, 0.1) is 25.5 Å². The molecule has 3 aromatic rings. The quantitative estimate of drug-likeness (QED) is 0.536. The summed E-state index contributed by atoms with van der Waals surface area (Å²) >= 11 is 5.82. The number of hydrogen-bond acceptors (Lipinski definition) is 2. The van der Waals surface area contributed by atoms with Crippen LogP contribution in [0.1, 0.15) is 34.2 Å². The molecule has 1 aromatic heterocycles. The maximum Gasteiger partial charge on any atom is 0.243 e. The van der Waals surface area contributed by atoms with Crippen LogP contribution < -0.4 is 4.90 Å². The van der Waals surface area contributed by atoms with Crippen LogP contribution in [0.2, 0.25) is 0 Å². The molecule has 0 saturated carbocycles. The summed E-state index contributed by atoms with van der Waals surface area (Å²) in [5.41, 5.74) is 4.05. The molecule has 3 nitrogen and oxygen atoms in total. The summed E-state index contributed by atoms with van der Waals surface area (Å²) in [7, 11) is 0. The Hall–Kier alpha value is -2.53. The minimum absolute atomic E-state index is 0.113. The van der Waals surface area contributed by atoms with E-state index in [2.05, 4.69) is 4.98 Å². The maximum absolute atomic E-state index is 14.9. The number of aryl methyl sites for hydroxylation is 1. The Morgan fingerprint density at radius 3 is 2.62 bits per heavy atom. The van der Waals surface area contributed by atoms with Crippen molar-refractivity contribution in [3.05, 3.63) is 69.8 Å². The Bertz CT molecular complexity index is 1130. The van der Waals surface area contributed by atoms with Gasteiger partial charge in [0.2, 0.25) is 5.91 Å². The van der Waals surface area contributed by atoms with Gasteiger partial charge in [0.05, 0.1) is 12.1 Å². The number of amides is 1. The summed E-state index contributed by atoms with van der Waals surface area (Å²) in [6.45, 7) is 3.67. The zero-order valence-electron chi connectivity index (χ0n) is 16.4. The fourth-order valence-corrected chi connectivity index (χ4v) is 4.26. The lowest BCUT2D eigenvalue weighted by atomic mass is 9.97. The van der Waals surface area contributed by atoms with E-state index >= 15 is 0 Å². The summed E-state index contributed by atoms with van der Waals surface area (Å²) in [6, 6.07) is 9.39. The van der Waals surface area contributed by atoms with E-state index in [1.54, 1.807) is 13.0 Å². The normalized spacial score (nSPS) is 13.0. The molecule has 1 amide bonds. The Kier molecular flexibility index (Phi) is 5.26. The van der Waals surface area contributed by atoms with Crippen molar-refractivity contribution < 1.29 is 13.6 Å². The summed E-state index contributed by atoms with van der Waals surface area (Å²) in [5.74, 6) is -2.00. The molecule has 6 heteroatoms. The lowest BCUT2D eigenvalue weighted by Gasteiger charge is -2.24. The molecule has 0 unspecified atom stereocenters. The van der Waals surface area contributed by atoms with Crippen LogP contribution >= 0.6 is 11.6 Å². The Balaban J connectivity index is 1.79. The largest absolute Gasteiger partial charge is 0.291 e. The summed E-state index contributed by atoms with van der Waals surface area (Å²) in [6.07, 6.45) is 2.09. The van der Waals surface area contributed by atoms with Gasteiger partial charge in [0, 0.05) is 10.9 Å². The van der Waals surface area contributed by atoms with Gasteiger partial charge in [-0.15, -0.1) is 11.6 Å². The van der Waals surface area contributed by atoms with Gasteiger partial charge in [0.1, 0.15) is 11.7 Å². The highest BCUT2D eigenvalue weighted by Gasteiger charge is 2.28. The Labute approximate surface area is 173 Å². The van der Waals surface area contributed by atoms with Crippen molar-refractivity contribution in [2.75, 3.05) is 10.8 Å². The molecule has 0 saturated heterocycles. The number of aromatic nitrogens is 1. The molecule has 1 aliphatic carbocycles. The predicted octanol–water partition coefficient (Wildman–Crippen LogP) is 5.39. The molecule has 0 N–H and O–H groups in total. The SMILES string of the molecule is Cc1ccc2nc(N(Cc3c(C)c4c(c(F)c3F)CCC4)C(=O)CCl)ccc2c1. The van der Waals surface area contributed by atoms with Crippen LogP contribution in [0.5, 0.6) is 0 Å². The van der Waals surface area contributed by atoms with Crippen LogP contribution in [-0.2, 0) is 24.2 Å². The van der Waals surface area contributed by atoms with Crippen molar-refractivity contribution >= 4 is 34.2 Å². The lowest BCUT2D eigenvalue weighted by Crippen LogP contribution is -2.33. The standard InChI is InChI=1S/C23H21ClF2N2O/c1-13-6-8-19-15(10-13)7-9-20(27-19)28(21(29)11-24)12-18-14(2)16-4-3-5-17(16)22(25)23(18)26/h6-10H,3-5,11-12H2,1-2H3. The predicted molar refractivity (Wildman–Crippen MR) is 112 cm³/mol. The maximum atomic E-state index is 14.9. The van der Waals surface area contributed by atoms with Crippen LogP contribution in [0.3, 0.4) is 0 Å². The van der Waals surface area contributed by atoms with Crippen LogP contribution in [-0.4, -0.2) is 16.8 Å². The van der Waals surface area contributed by atoms with Crippen molar-refractivity contribution in [3.8, 4) is 0 Å². The zero-order valence-corrected chi connectivity index (χ0v) is 17.1. The van der Waals surface area contributed by atoms with E-state index < -0.39 is 17.5 Å². The second kappa shape index (κ2) is 7.71. The van der Waals surface area contributed by atoms with E-state index in [0.717, 1.165) is 34.9 Å². The molecule has 0 aliphatic heterocycles. The van der Waals surface area contributed by atoms with Gasteiger partial charge in [0.15, 0.2) is 11.6 Å². The van der Waals surface area contributed by atoms with E-state index in [1.807, 2.05) is 31.2 Å². The average molecular weight is 415 g/mol. The van der Waals surface area contributed by atoms with E-state index in [1.165, 1.54) is 4.90 Å². The van der Waals surface area contributed by atoms with Gasteiger partial charge >= 0.3 is 0 Å². The van der Waals surface area contributed by atoms with Gasteiger partial charge in [-0.2, -0.15) is 0 Å². The number of alkyl halides is 1. The van der Waals surface area contributed by atoms with Crippen molar-refractivity contribution in [2.24, 2.45) is 0 Å². The number of carbonyl (C=O) groups excluding carboxylic acids is 1. The van der Waals surface area contributed by atoms with Gasteiger partial charge in [-0.05, 0) is 74.1 Å². The van der Waals surface area contributed by atoms with E-state index in [4.69, 9.17) is 11.6 Å². The number of halogens is 3. The Morgan fingerprint density at radius 2 is 1.86 bits per heavy atom. The third-order valence-electron chi connectivity index (χ3n) is 5.68. The third kappa shape index (κ3) is 3.48. The van der Waals surface area contributed by atoms with Gasteiger partial charge in [-0.3, -0.25) is 9.69 Å². The molecular formula is C23H21ClF2N2O. The molecule has 1 aliphatic rings. The van der Waals surface area contributed by atoms with E-state index in [-0.39, 0.29) is 18.0 Å². The number of anilines is 1. The molecule has 0 spiro atoms. The van der Waals surface area contributed by atoms with Gasteiger partial charge in [-0.1, -0.05) is 11.6 Å². The van der Waals surface area contributed by atoms with Gasteiger partial charge in [0.25, 0.3) is 0 Å². The number of fused-ring (bicyclic) bond motifs is 2. The average Bonchev–Trinajstić information content (AvgIpc) is 3.22. The highest BCUT2D eigenvalue weighted by atomic mass is 35.5. The minimum Gasteiger partial charge on any atom is -0.291 e. The van der Waals surface area contributed by atoms with Gasteiger partial charge in [-0.25, -0.2) is 13.8 Å². The first-order valence-electron chi connectivity index (χ1n) is 9.62. The molecule has 0 radical (unpaired) electrons. The topological polar surface area (TPSA) is 33.2 Å². The monoisotopic (exact) mass is 414 g/mol. The first kappa shape index (κ1) is 19.8. The molecule has 1 heterocycles. The Morgan fingerprint density at radius 1 is 1.10 bits per heavy atom. The highest BCUT2D eigenvalue weighted by molar-refractivity contribution is 6.29. The minimum atomic E-state index is -0.882. The van der Waals surface area contributed by atoms with Crippen molar-refractivity contribution in [2.45, 2.75) is 39.7 Å². The summed E-state index contributed by atoms with van der Waals surface area (Å²) in [4.78, 5) is 18.5. The van der Waals surface area contributed by atoms with Gasteiger partial charge < -0.3 is 0 Å². The first-order chi connectivity index (χ1) is 13.9. The van der Waals surface area contributed by atoms with Crippen molar-refractivity contribution in [1.82, 2.24) is 4.98 Å². The lowest BCUT2D eigenvalue weighted by molar-refractivity contribution is -0.116. The molecule has 0 fully saturated rings. The van der Waals surface area contributed by atoms with Crippen LogP contribution in [0.4, 0.5) is 14.6 Å².